The molecule has 0 unspecified atom stereocenters. The lowest BCUT2D eigenvalue weighted by Gasteiger charge is -2.20. The van der Waals surface area contributed by atoms with Crippen molar-refractivity contribution < 1.29 is 14.3 Å². The molecular formula is C18H17FN4O2. The molecule has 128 valence electrons. The molecule has 3 rings (SSSR count). The highest BCUT2D eigenvalue weighted by atomic mass is 19.1. The van der Waals surface area contributed by atoms with E-state index in [-0.39, 0.29) is 30.6 Å². The number of carbonyl (C=O) groups is 1. The van der Waals surface area contributed by atoms with Crippen LogP contribution < -0.4 is 0 Å². The van der Waals surface area contributed by atoms with Gasteiger partial charge in [0.2, 0.25) is 0 Å². The molecule has 1 aromatic carbocycles. The molecule has 0 radical (unpaired) electrons. The van der Waals surface area contributed by atoms with Crippen LogP contribution in [0, 0.1) is 5.82 Å². The Balaban J connectivity index is 1.80. The van der Waals surface area contributed by atoms with E-state index in [0.717, 1.165) is 5.56 Å². The molecule has 1 amide bonds. The number of carbonyl (C=O) groups excluding carboxylic acids is 1. The van der Waals surface area contributed by atoms with Gasteiger partial charge in [0.15, 0.2) is 5.69 Å². The van der Waals surface area contributed by atoms with Gasteiger partial charge in [-0.25, -0.2) is 9.07 Å². The number of rotatable bonds is 6. The summed E-state index contributed by atoms with van der Waals surface area (Å²) in [5.41, 5.74) is 1.61. The quantitative estimate of drug-likeness (QED) is 0.745. The zero-order chi connectivity index (χ0) is 17.6. The Hall–Kier alpha value is -3.06. The smallest absolute Gasteiger partial charge is 0.274 e. The van der Waals surface area contributed by atoms with Gasteiger partial charge in [0.1, 0.15) is 5.82 Å². The van der Waals surface area contributed by atoms with Gasteiger partial charge in [0, 0.05) is 31.7 Å². The van der Waals surface area contributed by atoms with Crippen molar-refractivity contribution in [2.45, 2.75) is 6.54 Å². The molecule has 7 heteroatoms. The van der Waals surface area contributed by atoms with E-state index in [1.807, 2.05) is 6.07 Å². The number of hydrogen-bond donors (Lipinski definition) is 1. The summed E-state index contributed by atoms with van der Waals surface area (Å²) >= 11 is 0. The SMILES string of the molecule is O=C(c1ccn(-c2cccc(F)c2)n1)N(CCO)Cc1cccnc1. The Morgan fingerprint density at radius 1 is 1.24 bits per heavy atom. The van der Waals surface area contributed by atoms with Gasteiger partial charge in [0.25, 0.3) is 5.91 Å². The van der Waals surface area contributed by atoms with Crippen molar-refractivity contribution in [1.29, 1.82) is 0 Å². The maximum atomic E-state index is 13.3. The molecule has 0 aliphatic carbocycles. The topological polar surface area (TPSA) is 71.2 Å². The predicted octanol–water partition coefficient (Wildman–Crippen LogP) is 2.04. The summed E-state index contributed by atoms with van der Waals surface area (Å²) < 4.78 is 14.8. The molecular weight excluding hydrogens is 323 g/mol. The molecule has 0 atom stereocenters. The Morgan fingerprint density at radius 2 is 2.12 bits per heavy atom. The highest BCUT2D eigenvalue weighted by Gasteiger charge is 2.18. The van der Waals surface area contributed by atoms with Crippen molar-refractivity contribution >= 4 is 5.91 Å². The fourth-order valence-electron chi connectivity index (χ4n) is 2.45. The maximum absolute atomic E-state index is 13.3. The van der Waals surface area contributed by atoms with Crippen molar-refractivity contribution in [2.75, 3.05) is 13.2 Å². The van der Waals surface area contributed by atoms with Crippen LogP contribution in [-0.2, 0) is 6.54 Å². The van der Waals surface area contributed by atoms with Gasteiger partial charge in [-0.1, -0.05) is 12.1 Å². The minimum Gasteiger partial charge on any atom is -0.395 e. The minimum atomic E-state index is -0.376. The van der Waals surface area contributed by atoms with E-state index in [1.165, 1.54) is 21.7 Å². The molecule has 6 nitrogen and oxygen atoms in total. The number of pyridine rings is 1. The first-order valence-electron chi connectivity index (χ1n) is 7.78. The van der Waals surface area contributed by atoms with Crippen molar-refractivity contribution in [2.24, 2.45) is 0 Å². The summed E-state index contributed by atoms with van der Waals surface area (Å²) in [6.45, 7) is 0.344. The fourth-order valence-corrected chi connectivity index (χ4v) is 2.45. The standard InChI is InChI=1S/C18H17FN4O2/c19-15-4-1-5-16(11-15)23-8-6-17(21-23)18(25)22(9-10-24)13-14-3-2-7-20-12-14/h1-8,11-12,24H,9-10,13H2. The van der Waals surface area contributed by atoms with Crippen molar-refractivity contribution in [3.8, 4) is 5.69 Å². The van der Waals surface area contributed by atoms with Gasteiger partial charge >= 0.3 is 0 Å². The third kappa shape index (κ3) is 4.07. The van der Waals surface area contributed by atoms with Gasteiger partial charge in [0.05, 0.1) is 12.3 Å². The normalized spacial score (nSPS) is 10.6. The summed E-state index contributed by atoms with van der Waals surface area (Å²) in [6.07, 6.45) is 4.93. The lowest BCUT2D eigenvalue weighted by Crippen LogP contribution is -2.33. The second kappa shape index (κ2) is 7.67. The van der Waals surface area contributed by atoms with Crippen molar-refractivity contribution in [1.82, 2.24) is 19.7 Å². The summed E-state index contributed by atoms with van der Waals surface area (Å²) in [5.74, 6) is -0.688. The van der Waals surface area contributed by atoms with Crippen LogP contribution in [0.3, 0.4) is 0 Å². The van der Waals surface area contributed by atoms with E-state index in [4.69, 9.17) is 0 Å². The third-order valence-electron chi connectivity index (χ3n) is 3.63. The number of aliphatic hydroxyl groups is 1. The van der Waals surface area contributed by atoms with Crippen LogP contribution in [0.1, 0.15) is 16.1 Å². The van der Waals surface area contributed by atoms with Crippen LogP contribution in [0.25, 0.3) is 5.69 Å². The second-order valence-electron chi connectivity index (χ2n) is 5.44. The van der Waals surface area contributed by atoms with Crippen LogP contribution in [0.2, 0.25) is 0 Å². The number of nitrogens with zero attached hydrogens (tertiary/aromatic N) is 4. The second-order valence-corrected chi connectivity index (χ2v) is 5.44. The monoisotopic (exact) mass is 340 g/mol. The predicted molar refractivity (Wildman–Crippen MR) is 89.6 cm³/mol. The molecule has 0 saturated carbocycles. The van der Waals surface area contributed by atoms with Gasteiger partial charge in [-0.05, 0) is 35.9 Å². The molecule has 0 spiro atoms. The molecule has 25 heavy (non-hydrogen) atoms. The minimum absolute atomic E-state index is 0.156. The summed E-state index contributed by atoms with van der Waals surface area (Å²) in [4.78, 5) is 18.2. The van der Waals surface area contributed by atoms with E-state index < -0.39 is 0 Å². The molecule has 0 bridgehead atoms. The van der Waals surface area contributed by atoms with E-state index in [9.17, 15) is 14.3 Å². The number of halogens is 1. The Labute approximate surface area is 144 Å². The first-order valence-corrected chi connectivity index (χ1v) is 7.78. The third-order valence-corrected chi connectivity index (χ3v) is 3.63. The van der Waals surface area contributed by atoms with Crippen LogP contribution in [0.4, 0.5) is 4.39 Å². The highest BCUT2D eigenvalue weighted by Crippen LogP contribution is 2.12. The lowest BCUT2D eigenvalue weighted by atomic mass is 10.2. The Kier molecular flexibility index (Phi) is 5.15. The number of hydrogen-bond acceptors (Lipinski definition) is 4. The zero-order valence-electron chi connectivity index (χ0n) is 13.4. The molecule has 3 aromatic rings. The summed E-state index contributed by atoms with van der Waals surface area (Å²) in [5, 5.41) is 13.5. The maximum Gasteiger partial charge on any atom is 0.274 e. The molecule has 1 N–H and O–H groups in total. The molecule has 0 fully saturated rings. The summed E-state index contributed by atoms with van der Waals surface area (Å²) in [7, 11) is 0. The largest absolute Gasteiger partial charge is 0.395 e. The molecule has 0 aliphatic heterocycles. The van der Waals surface area contributed by atoms with Gasteiger partial charge < -0.3 is 10.0 Å². The molecule has 0 aliphatic rings. The number of aliphatic hydroxyl groups excluding tert-OH is 1. The molecule has 0 saturated heterocycles. The van der Waals surface area contributed by atoms with Crippen LogP contribution in [0.5, 0.6) is 0 Å². The van der Waals surface area contributed by atoms with E-state index in [0.29, 0.717) is 12.2 Å². The van der Waals surface area contributed by atoms with Crippen molar-refractivity contribution in [3.05, 3.63) is 78.1 Å². The number of amides is 1. The van der Waals surface area contributed by atoms with E-state index in [2.05, 4.69) is 10.1 Å². The first kappa shape index (κ1) is 16.8. The number of aromatic nitrogens is 3. The van der Waals surface area contributed by atoms with Gasteiger partial charge in [-0.2, -0.15) is 5.10 Å². The first-order chi connectivity index (χ1) is 12.2. The average molecular weight is 340 g/mol. The van der Waals surface area contributed by atoms with Gasteiger partial charge in [-0.15, -0.1) is 0 Å². The average Bonchev–Trinajstić information content (AvgIpc) is 3.12. The highest BCUT2D eigenvalue weighted by molar-refractivity contribution is 5.92. The van der Waals surface area contributed by atoms with Crippen LogP contribution in [-0.4, -0.2) is 43.8 Å². The molecule has 2 heterocycles. The van der Waals surface area contributed by atoms with Crippen LogP contribution in [0.15, 0.2) is 61.1 Å². The molecule has 2 aromatic heterocycles. The van der Waals surface area contributed by atoms with Crippen molar-refractivity contribution in [3.63, 3.8) is 0 Å². The van der Waals surface area contributed by atoms with Crippen LogP contribution >= 0.6 is 0 Å². The summed E-state index contributed by atoms with van der Waals surface area (Å²) in [6, 6.07) is 11.2. The Bertz CT molecular complexity index is 851. The zero-order valence-corrected chi connectivity index (χ0v) is 13.4. The Morgan fingerprint density at radius 3 is 2.84 bits per heavy atom. The van der Waals surface area contributed by atoms with E-state index in [1.54, 1.807) is 42.9 Å². The fraction of sp³-hybridized carbons (Fsp3) is 0.167. The lowest BCUT2D eigenvalue weighted by molar-refractivity contribution is 0.0701. The van der Waals surface area contributed by atoms with Gasteiger partial charge in [-0.3, -0.25) is 9.78 Å². The number of benzene rings is 1. The van der Waals surface area contributed by atoms with E-state index >= 15 is 0 Å².